The summed E-state index contributed by atoms with van der Waals surface area (Å²) in [4.78, 5) is 24.7. The van der Waals surface area contributed by atoms with E-state index in [1.165, 1.54) is 30.9 Å². The van der Waals surface area contributed by atoms with E-state index in [4.69, 9.17) is 0 Å². The van der Waals surface area contributed by atoms with Crippen molar-refractivity contribution in [1.82, 2.24) is 15.2 Å². The van der Waals surface area contributed by atoms with Crippen LogP contribution >= 0.6 is 11.8 Å². The molecule has 0 spiro atoms. The van der Waals surface area contributed by atoms with Gasteiger partial charge < -0.3 is 0 Å². The number of nitrogens with zero attached hydrogens (tertiary/aromatic N) is 1. The van der Waals surface area contributed by atoms with Crippen LogP contribution in [0.1, 0.15) is 5.56 Å². The summed E-state index contributed by atoms with van der Waals surface area (Å²) in [6.45, 7) is 1.44. The van der Waals surface area contributed by atoms with E-state index in [1.54, 1.807) is 12.1 Å². The van der Waals surface area contributed by atoms with Crippen LogP contribution in [0.5, 0.6) is 0 Å². The summed E-state index contributed by atoms with van der Waals surface area (Å²) in [5, 5.41) is 0. The van der Waals surface area contributed by atoms with E-state index in [0.29, 0.717) is 0 Å². The molecule has 0 fully saturated rings. The number of hydrazine groups is 1. The number of thioether (sulfide) groups is 1. The van der Waals surface area contributed by atoms with Gasteiger partial charge in [0.2, 0.25) is 15.9 Å². The number of hydrogen-bond acceptors (Lipinski definition) is 5. The maximum Gasteiger partial charge on any atom is 0.253 e. The van der Waals surface area contributed by atoms with Crippen molar-refractivity contribution >= 4 is 33.6 Å². The molecule has 2 aromatic rings. The van der Waals surface area contributed by atoms with E-state index in [-0.39, 0.29) is 16.6 Å². The molecule has 2 amide bonds. The highest BCUT2D eigenvalue weighted by molar-refractivity contribution is 8.00. The molecule has 0 radical (unpaired) electrons. The third-order valence-corrected chi connectivity index (χ3v) is 6.38. The number of carbonyl (C=O) groups is 2. The van der Waals surface area contributed by atoms with Crippen LogP contribution in [-0.4, -0.2) is 43.9 Å². The molecule has 0 saturated carbocycles. The maximum atomic E-state index is 12.4. The first kappa shape index (κ1) is 20.9. The molecule has 9 heteroatoms. The van der Waals surface area contributed by atoms with Crippen LogP contribution in [0, 0.1) is 6.92 Å². The average Bonchev–Trinajstić information content (AvgIpc) is 2.66. The van der Waals surface area contributed by atoms with Crippen molar-refractivity contribution in [3.8, 4) is 0 Å². The highest BCUT2D eigenvalue weighted by atomic mass is 32.2. The number of amides is 2. The molecule has 144 valence electrons. The van der Waals surface area contributed by atoms with Gasteiger partial charge in [0.05, 0.1) is 17.2 Å². The van der Waals surface area contributed by atoms with Crippen LogP contribution in [0.4, 0.5) is 0 Å². The van der Waals surface area contributed by atoms with Crippen LogP contribution in [0.3, 0.4) is 0 Å². The van der Waals surface area contributed by atoms with Crippen molar-refractivity contribution in [1.29, 1.82) is 0 Å². The first-order valence-electron chi connectivity index (χ1n) is 8.07. The first-order chi connectivity index (χ1) is 12.8. The number of nitrogens with one attached hydrogen (secondary N) is 2. The second-order valence-electron chi connectivity index (χ2n) is 5.77. The monoisotopic (exact) mass is 407 g/mol. The minimum atomic E-state index is -3.78. The molecule has 0 saturated heterocycles. The minimum absolute atomic E-state index is 0.103. The molecule has 27 heavy (non-hydrogen) atoms. The Morgan fingerprint density at radius 3 is 2.19 bits per heavy atom. The SMILES string of the molecule is Cc1ccc(S(=O)(=O)N(C)CC(=O)NNC(=O)CSc2ccccc2)cc1. The molecular weight excluding hydrogens is 386 g/mol. The van der Waals surface area contributed by atoms with E-state index in [0.717, 1.165) is 14.8 Å². The van der Waals surface area contributed by atoms with Crippen LogP contribution < -0.4 is 10.9 Å². The molecule has 0 bridgehead atoms. The van der Waals surface area contributed by atoms with Gasteiger partial charge in [-0.2, -0.15) is 4.31 Å². The molecule has 7 nitrogen and oxygen atoms in total. The van der Waals surface area contributed by atoms with Gasteiger partial charge in [0.1, 0.15) is 0 Å². The molecule has 0 aliphatic heterocycles. The lowest BCUT2D eigenvalue weighted by Crippen LogP contribution is -2.47. The summed E-state index contributed by atoms with van der Waals surface area (Å²) in [6, 6.07) is 15.7. The van der Waals surface area contributed by atoms with Crippen molar-refractivity contribution in [3.05, 3.63) is 60.2 Å². The van der Waals surface area contributed by atoms with E-state index in [1.807, 2.05) is 37.3 Å². The lowest BCUT2D eigenvalue weighted by Gasteiger charge is -2.17. The van der Waals surface area contributed by atoms with Crippen LogP contribution in [0.2, 0.25) is 0 Å². The summed E-state index contributed by atoms with van der Waals surface area (Å²) in [5.74, 6) is -0.894. The minimum Gasteiger partial charge on any atom is -0.272 e. The number of likely N-dealkylation sites (N-methyl/N-ethyl adjacent to an activating group) is 1. The highest BCUT2D eigenvalue weighted by Gasteiger charge is 2.22. The van der Waals surface area contributed by atoms with E-state index >= 15 is 0 Å². The topological polar surface area (TPSA) is 95.6 Å². The Kier molecular flexibility index (Phi) is 7.40. The van der Waals surface area contributed by atoms with Crippen molar-refractivity contribution in [2.24, 2.45) is 0 Å². The molecular formula is C18H21N3O4S2. The van der Waals surface area contributed by atoms with E-state index in [9.17, 15) is 18.0 Å². The normalized spacial score (nSPS) is 11.2. The third kappa shape index (κ3) is 6.38. The van der Waals surface area contributed by atoms with Crippen LogP contribution in [0.15, 0.2) is 64.4 Å². The van der Waals surface area contributed by atoms with Gasteiger partial charge in [0, 0.05) is 11.9 Å². The highest BCUT2D eigenvalue weighted by Crippen LogP contribution is 2.16. The molecule has 0 unspecified atom stereocenters. The molecule has 0 aromatic heterocycles. The smallest absolute Gasteiger partial charge is 0.253 e. The fraction of sp³-hybridized carbons (Fsp3) is 0.222. The maximum absolute atomic E-state index is 12.4. The third-order valence-electron chi connectivity index (χ3n) is 3.55. The number of carbonyl (C=O) groups excluding carboxylic acids is 2. The predicted octanol–water partition coefficient (Wildman–Crippen LogP) is 1.56. The molecule has 2 rings (SSSR count). The second kappa shape index (κ2) is 9.54. The standard InChI is InChI=1S/C18H21N3O4S2/c1-14-8-10-16(11-9-14)27(24,25)21(2)12-17(22)19-20-18(23)13-26-15-6-4-3-5-7-15/h3-11H,12-13H2,1-2H3,(H,19,22)(H,20,23). The summed E-state index contributed by atoms with van der Waals surface area (Å²) in [6.07, 6.45) is 0. The van der Waals surface area contributed by atoms with Gasteiger partial charge >= 0.3 is 0 Å². The molecule has 0 aliphatic rings. The zero-order valence-electron chi connectivity index (χ0n) is 15.0. The molecule has 2 aromatic carbocycles. The van der Waals surface area contributed by atoms with E-state index < -0.39 is 22.5 Å². The fourth-order valence-electron chi connectivity index (χ4n) is 2.06. The summed E-state index contributed by atoms with van der Waals surface area (Å²) in [7, 11) is -2.47. The lowest BCUT2D eigenvalue weighted by atomic mass is 10.2. The Morgan fingerprint density at radius 2 is 1.56 bits per heavy atom. The largest absolute Gasteiger partial charge is 0.272 e. The predicted molar refractivity (Wildman–Crippen MR) is 104 cm³/mol. The number of hydrogen-bond donors (Lipinski definition) is 2. The van der Waals surface area contributed by atoms with Gasteiger partial charge in [-0.05, 0) is 31.2 Å². The molecule has 2 N–H and O–H groups in total. The van der Waals surface area contributed by atoms with Gasteiger partial charge in [-0.25, -0.2) is 8.42 Å². The average molecular weight is 408 g/mol. The first-order valence-corrected chi connectivity index (χ1v) is 10.5. The Morgan fingerprint density at radius 1 is 0.963 bits per heavy atom. The van der Waals surface area contributed by atoms with Crippen molar-refractivity contribution < 1.29 is 18.0 Å². The van der Waals surface area contributed by atoms with Crippen LogP contribution in [0.25, 0.3) is 0 Å². The number of rotatable bonds is 7. The molecule has 0 atom stereocenters. The van der Waals surface area contributed by atoms with Gasteiger partial charge in [-0.15, -0.1) is 11.8 Å². The Labute approximate surface area is 163 Å². The summed E-state index contributed by atoms with van der Waals surface area (Å²) in [5.41, 5.74) is 5.44. The quantitative estimate of drug-likeness (QED) is 0.536. The number of sulfonamides is 1. The van der Waals surface area contributed by atoms with E-state index in [2.05, 4.69) is 10.9 Å². The lowest BCUT2D eigenvalue weighted by molar-refractivity contribution is -0.127. The zero-order chi connectivity index (χ0) is 19.9. The van der Waals surface area contributed by atoms with Crippen molar-refractivity contribution in [2.75, 3.05) is 19.3 Å². The Bertz CT molecular complexity index is 885. The van der Waals surface area contributed by atoms with Crippen LogP contribution in [-0.2, 0) is 19.6 Å². The zero-order valence-corrected chi connectivity index (χ0v) is 16.6. The van der Waals surface area contributed by atoms with Gasteiger partial charge in [-0.1, -0.05) is 35.9 Å². The number of aryl methyl sites for hydroxylation is 1. The van der Waals surface area contributed by atoms with Gasteiger partial charge in [0.15, 0.2) is 0 Å². The number of benzene rings is 2. The van der Waals surface area contributed by atoms with Gasteiger partial charge in [0.25, 0.3) is 5.91 Å². The molecule has 0 heterocycles. The molecule has 0 aliphatic carbocycles. The second-order valence-corrected chi connectivity index (χ2v) is 8.87. The Balaban J connectivity index is 1.80. The van der Waals surface area contributed by atoms with Crippen molar-refractivity contribution in [2.45, 2.75) is 16.7 Å². The van der Waals surface area contributed by atoms with Crippen molar-refractivity contribution in [3.63, 3.8) is 0 Å². The van der Waals surface area contributed by atoms with Gasteiger partial charge in [-0.3, -0.25) is 20.4 Å². The fourth-order valence-corrected chi connectivity index (χ4v) is 3.90. The Hall–Kier alpha value is -2.36. The summed E-state index contributed by atoms with van der Waals surface area (Å²) < 4.78 is 25.8. The summed E-state index contributed by atoms with van der Waals surface area (Å²) >= 11 is 1.33.